The smallest absolute Gasteiger partial charge is 0.308 e. The van der Waals surface area contributed by atoms with Crippen LogP contribution in [0.3, 0.4) is 0 Å². The fraction of sp³-hybridized carbons (Fsp3) is 0.875. The highest BCUT2D eigenvalue weighted by Gasteiger charge is 2.32. The number of carbonyl (C=O) groups excluding carboxylic acids is 2. The van der Waals surface area contributed by atoms with Crippen LogP contribution in [0.5, 0.6) is 0 Å². The number of carbonyl (C=O) groups is 2. The van der Waals surface area contributed by atoms with E-state index in [-0.39, 0.29) is 30.2 Å². The van der Waals surface area contributed by atoms with Crippen LogP contribution in [0, 0.1) is 11.8 Å². The van der Waals surface area contributed by atoms with Crippen molar-refractivity contribution in [3.8, 4) is 0 Å². The highest BCUT2D eigenvalue weighted by atomic mass is 35.5. The van der Waals surface area contributed by atoms with Gasteiger partial charge in [0.25, 0.3) is 0 Å². The van der Waals surface area contributed by atoms with Gasteiger partial charge in [-0.1, -0.05) is 6.92 Å². The lowest BCUT2D eigenvalue weighted by molar-refractivity contribution is -0.149. The third kappa shape index (κ3) is 5.06. The van der Waals surface area contributed by atoms with Gasteiger partial charge in [0, 0.05) is 25.7 Å². The van der Waals surface area contributed by atoms with E-state index in [0.29, 0.717) is 51.0 Å². The number of likely N-dealkylation sites (tertiary alicyclic amines) is 2. The molecule has 2 heterocycles. The minimum Gasteiger partial charge on any atom is -0.469 e. The second kappa shape index (κ2) is 9.45. The molecule has 0 aromatic heterocycles. The van der Waals surface area contributed by atoms with Gasteiger partial charge >= 0.3 is 5.97 Å². The molecule has 2 aliphatic heterocycles. The van der Waals surface area contributed by atoms with E-state index in [9.17, 15) is 9.59 Å². The number of nitrogens with zero attached hydrogens (tertiary/aromatic N) is 2. The van der Waals surface area contributed by atoms with Crippen LogP contribution < -0.4 is 5.73 Å². The van der Waals surface area contributed by atoms with E-state index in [2.05, 4.69) is 11.8 Å². The number of hydrogen-bond acceptors (Lipinski definition) is 5. The maximum absolute atomic E-state index is 12.5. The summed E-state index contributed by atoms with van der Waals surface area (Å²) in [4.78, 5) is 28.2. The van der Waals surface area contributed by atoms with Crippen LogP contribution in [0.2, 0.25) is 0 Å². The van der Waals surface area contributed by atoms with Gasteiger partial charge in [-0.05, 0) is 38.1 Å². The van der Waals surface area contributed by atoms with Gasteiger partial charge in [-0.25, -0.2) is 0 Å². The first-order valence-corrected chi connectivity index (χ1v) is 8.36. The number of methoxy groups -OCH3 is 1. The van der Waals surface area contributed by atoms with Crippen LogP contribution in [-0.2, 0) is 14.3 Å². The molecule has 23 heavy (non-hydrogen) atoms. The Kier molecular flexibility index (Phi) is 8.29. The SMILES string of the molecule is COC(=O)C1CCN(C(=O)CN2CCCC(C)C2CN)CC1.Cl. The number of esters is 1. The lowest BCUT2D eigenvalue weighted by Gasteiger charge is -2.40. The molecular weight excluding hydrogens is 318 g/mol. The van der Waals surface area contributed by atoms with E-state index in [1.54, 1.807) is 0 Å². The molecule has 0 spiro atoms. The van der Waals surface area contributed by atoms with Crippen LogP contribution in [-0.4, -0.2) is 67.6 Å². The number of halogens is 1. The Hall–Kier alpha value is -0.850. The van der Waals surface area contributed by atoms with Crippen molar-refractivity contribution in [2.24, 2.45) is 17.6 Å². The molecule has 2 fully saturated rings. The number of piperidine rings is 2. The van der Waals surface area contributed by atoms with E-state index in [1.807, 2.05) is 4.90 Å². The average molecular weight is 348 g/mol. The minimum atomic E-state index is -0.153. The third-order valence-electron chi connectivity index (χ3n) is 5.19. The van der Waals surface area contributed by atoms with Gasteiger partial charge in [-0.3, -0.25) is 14.5 Å². The topological polar surface area (TPSA) is 75.9 Å². The van der Waals surface area contributed by atoms with E-state index >= 15 is 0 Å². The molecule has 0 bridgehead atoms. The maximum Gasteiger partial charge on any atom is 0.308 e. The first-order chi connectivity index (χ1) is 10.6. The Morgan fingerprint density at radius 2 is 1.83 bits per heavy atom. The molecule has 1 amide bonds. The highest BCUT2D eigenvalue weighted by molar-refractivity contribution is 5.85. The van der Waals surface area contributed by atoms with Gasteiger partial charge in [0.05, 0.1) is 19.6 Å². The number of ether oxygens (including phenoxy) is 1. The van der Waals surface area contributed by atoms with Gasteiger partial charge in [-0.15, -0.1) is 12.4 Å². The van der Waals surface area contributed by atoms with Crippen molar-refractivity contribution in [1.82, 2.24) is 9.80 Å². The van der Waals surface area contributed by atoms with Gasteiger partial charge < -0.3 is 15.4 Å². The summed E-state index contributed by atoms with van der Waals surface area (Å²) in [5.41, 5.74) is 5.89. The zero-order chi connectivity index (χ0) is 16.1. The monoisotopic (exact) mass is 347 g/mol. The van der Waals surface area contributed by atoms with Crippen molar-refractivity contribution in [1.29, 1.82) is 0 Å². The van der Waals surface area contributed by atoms with Crippen LogP contribution in [0.1, 0.15) is 32.6 Å². The van der Waals surface area contributed by atoms with Crippen LogP contribution in [0.4, 0.5) is 0 Å². The van der Waals surface area contributed by atoms with Crippen molar-refractivity contribution < 1.29 is 14.3 Å². The highest BCUT2D eigenvalue weighted by Crippen LogP contribution is 2.23. The number of nitrogens with two attached hydrogens (primary N) is 1. The predicted molar refractivity (Wildman–Crippen MR) is 91.4 cm³/mol. The fourth-order valence-electron chi connectivity index (χ4n) is 3.72. The number of hydrogen-bond donors (Lipinski definition) is 1. The molecule has 134 valence electrons. The third-order valence-corrected chi connectivity index (χ3v) is 5.19. The summed E-state index contributed by atoms with van der Waals surface area (Å²) < 4.78 is 4.78. The second-order valence-corrected chi connectivity index (χ2v) is 6.57. The largest absolute Gasteiger partial charge is 0.469 e. The summed E-state index contributed by atoms with van der Waals surface area (Å²) in [6, 6.07) is 0.310. The Labute approximate surface area is 145 Å². The Morgan fingerprint density at radius 1 is 1.17 bits per heavy atom. The van der Waals surface area contributed by atoms with Crippen molar-refractivity contribution in [3.63, 3.8) is 0 Å². The lowest BCUT2D eigenvalue weighted by Crippen LogP contribution is -2.53. The first-order valence-electron chi connectivity index (χ1n) is 8.36. The summed E-state index contributed by atoms with van der Waals surface area (Å²) in [5.74, 6) is 0.508. The van der Waals surface area contributed by atoms with Crippen LogP contribution in [0.15, 0.2) is 0 Å². The van der Waals surface area contributed by atoms with Gasteiger partial charge in [0.1, 0.15) is 0 Å². The van der Waals surface area contributed by atoms with Crippen molar-refractivity contribution in [2.75, 3.05) is 39.8 Å². The standard InChI is InChI=1S/C16H29N3O3.ClH/c1-12-4-3-7-19(14(12)10-17)11-15(20)18-8-5-13(6-9-18)16(21)22-2;/h12-14H,3-11,17H2,1-2H3;1H. The van der Waals surface area contributed by atoms with Gasteiger partial charge in [0.15, 0.2) is 0 Å². The molecule has 2 saturated heterocycles. The molecule has 0 aliphatic carbocycles. The molecule has 0 aromatic rings. The molecule has 0 saturated carbocycles. The first kappa shape index (κ1) is 20.2. The molecule has 2 unspecified atom stereocenters. The molecule has 2 N–H and O–H groups in total. The molecule has 2 aliphatic rings. The Bertz CT molecular complexity index is 400. The Morgan fingerprint density at radius 3 is 2.39 bits per heavy atom. The molecular formula is C16H30ClN3O3. The number of rotatable bonds is 4. The minimum absolute atomic E-state index is 0. The molecule has 0 aromatic carbocycles. The molecule has 6 nitrogen and oxygen atoms in total. The number of amides is 1. The molecule has 7 heteroatoms. The quantitative estimate of drug-likeness (QED) is 0.764. The summed E-state index contributed by atoms with van der Waals surface area (Å²) in [7, 11) is 1.42. The van der Waals surface area contributed by atoms with E-state index in [1.165, 1.54) is 13.5 Å². The van der Waals surface area contributed by atoms with Crippen molar-refractivity contribution >= 4 is 24.3 Å². The average Bonchev–Trinajstić information content (AvgIpc) is 2.54. The summed E-state index contributed by atoms with van der Waals surface area (Å²) in [5, 5.41) is 0. The fourth-order valence-corrected chi connectivity index (χ4v) is 3.72. The zero-order valence-corrected chi connectivity index (χ0v) is 15.0. The van der Waals surface area contributed by atoms with Gasteiger partial charge in [-0.2, -0.15) is 0 Å². The van der Waals surface area contributed by atoms with Crippen molar-refractivity contribution in [3.05, 3.63) is 0 Å². The molecule has 2 rings (SSSR count). The second-order valence-electron chi connectivity index (χ2n) is 6.57. The van der Waals surface area contributed by atoms with Gasteiger partial charge in [0.2, 0.25) is 5.91 Å². The molecule has 2 atom stereocenters. The van der Waals surface area contributed by atoms with E-state index in [4.69, 9.17) is 10.5 Å². The molecule has 0 radical (unpaired) electrons. The van der Waals surface area contributed by atoms with Crippen LogP contribution in [0.25, 0.3) is 0 Å². The normalized spacial score (nSPS) is 26.5. The van der Waals surface area contributed by atoms with Crippen LogP contribution >= 0.6 is 12.4 Å². The van der Waals surface area contributed by atoms with E-state index < -0.39 is 0 Å². The maximum atomic E-state index is 12.5. The van der Waals surface area contributed by atoms with E-state index in [0.717, 1.165) is 13.0 Å². The predicted octanol–water partition coefficient (Wildman–Crippen LogP) is 0.879. The summed E-state index contributed by atoms with van der Waals surface area (Å²) in [6.07, 6.45) is 3.73. The Balaban J connectivity index is 0.00000264. The van der Waals surface area contributed by atoms with Crippen molar-refractivity contribution in [2.45, 2.75) is 38.6 Å². The summed E-state index contributed by atoms with van der Waals surface area (Å²) in [6.45, 7) is 5.53. The zero-order valence-electron chi connectivity index (χ0n) is 14.2. The lowest BCUT2D eigenvalue weighted by atomic mass is 9.90. The summed E-state index contributed by atoms with van der Waals surface area (Å²) >= 11 is 0.